The molecule has 0 aliphatic heterocycles. The molecular weight excluding hydrogens is 210 g/mol. The third-order valence-electron chi connectivity index (χ3n) is 1.68. The van der Waals surface area contributed by atoms with Crippen LogP contribution in [0, 0.1) is 0 Å². The minimum atomic E-state index is 0.0872. The summed E-state index contributed by atoms with van der Waals surface area (Å²) in [6.07, 6.45) is 5.19. The summed E-state index contributed by atoms with van der Waals surface area (Å²) in [5.74, 6) is 1.22. The quantitative estimate of drug-likeness (QED) is 0.721. The van der Waals surface area contributed by atoms with Gasteiger partial charge in [-0.15, -0.1) is 0 Å². The van der Waals surface area contributed by atoms with Gasteiger partial charge in [0.1, 0.15) is 5.75 Å². The minimum absolute atomic E-state index is 0.0872. The molecule has 0 bridgehead atoms. The largest absolute Gasteiger partial charge is 0.489 e. The lowest BCUT2D eigenvalue weighted by atomic mass is 10.2. The number of carbonyl (C=O) groups is 1. The van der Waals surface area contributed by atoms with Gasteiger partial charge in [-0.25, -0.2) is 0 Å². The van der Waals surface area contributed by atoms with E-state index in [1.807, 2.05) is 20.1 Å². The molecule has 1 rings (SSSR count). The van der Waals surface area contributed by atoms with Crippen LogP contribution in [0.5, 0.6) is 5.75 Å². The van der Waals surface area contributed by atoms with Crippen LogP contribution < -0.4 is 4.74 Å². The van der Waals surface area contributed by atoms with Crippen molar-refractivity contribution in [2.24, 2.45) is 0 Å². The standard InChI is InChI=1S/C11H15NO2S/c1-8(2)14-10-4-9(5-12-6-10)11(13)7-15-3/h4-6,8H,7H2,1-3H3. The molecule has 3 nitrogen and oxygen atoms in total. The molecule has 0 amide bonds. The Balaban J connectivity index is 2.78. The summed E-state index contributed by atoms with van der Waals surface area (Å²) < 4.78 is 5.46. The first kappa shape index (κ1) is 12.0. The number of thioether (sulfide) groups is 1. The second-order valence-electron chi connectivity index (χ2n) is 3.43. The molecule has 0 aromatic carbocycles. The summed E-state index contributed by atoms with van der Waals surface area (Å²) in [4.78, 5) is 15.6. The van der Waals surface area contributed by atoms with Crippen LogP contribution in [0.1, 0.15) is 24.2 Å². The van der Waals surface area contributed by atoms with Gasteiger partial charge >= 0.3 is 0 Å². The minimum Gasteiger partial charge on any atom is -0.489 e. The van der Waals surface area contributed by atoms with Gasteiger partial charge in [0.05, 0.1) is 18.1 Å². The van der Waals surface area contributed by atoms with Crippen LogP contribution in [-0.4, -0.2) is 28.9 Å². The molecule has 0 fully saturated rings. The van der Waals surface area contributed by atoms with Gasteiger partial charge in [-0.2, -0.15) is 11.8 Å². The van der Waals surface area contributed by atoms with Gasteiger partial charge in [0.2, 0.25) is 0 Å². The number of rotatable bonds is 5. The lowest BCUT2D eigenvalue weighted by molar-refractivity contribution is 0.102. The van der Waals surface area contributed by atoms with Crippen molar-refractivity contribution in [1.29, 1.82) is 0 Å². The van der Waals surface area contributed by atoms with E-state index in [0.717, 1.165) is 0 Å². The number of pyridine rings is 1. The second-order valence-corrected chi connectivity index (χ2v) is 4.30. The Kier molecular flexibility index (Phi) is 4.62. The van der Waals surface area contributed by atoms with Crippen LogP contribution in [0.25, 0.3) is 0 Å². The molecule has 0 aliphatic rings. The lowest BCUT2D eigenvalue weighted by Gasteiger charge is -2.09. The Labute approximate surface area is 94.2 Å². The molecule has 1 aromatic heterocycles. The van der Waals surface area contributed by atoms with Crippen LogP contribution in [-0.2, 0) is 0 Å². The fourth-order valence-electron chi connectivity index (χ4n) is 1.12. The van der Waals surface area contributed by atoms with Gasteiger partial charge in [0.25, 0.3) is 0 Å². The smallest absolute Gasteiger partial charge is 0.174 e. The van der Waals surface area contributed by atoms with Crippen molar-refractivity contribution < 1.29 is 9.53 Å². The molecule has 0 atom stereocenters. The van der Waals surface area contributed by atoms with E-state index in [2.05, 4.69) is 4.98 Å². The third-order valence-corrected chi connectivity index (χ3v) is 2.23. The lowest BCUT2D eigenvalue weighted by Crippen LogP contribution is -2.08. The van der Waals surface area contributed by atoms with Gasteiger partial charge in [0.15, 0.2) is 5.78 Å². The molecule has 82 valence electrons. The maximum absolute atomic E-state index is 11.6. The fraction of sp³-hybridized carbons (Fsp3) is 0.455. The fourth-order valence-corrected chi connectivity index (χ4v) is 1.55. The Morgan fingerprint density at radius 1 is 1.53 bits per heavy atom. The van der Waals surface area contributed by atoms with Crippen molar-refractivity contribution in [1.82, 2.24) is 4.98 Å². The number of hydrogen-bond donors (Lipinski definition) is 0. The van der Waals surface area contributed by atoms with E-state index in [-0.39, 0.29) is 11.9 Å². The van der Waals surface area contributed by atoms with Crippen LogP contribution in [0.3, 0.4) is 0 Å². The van der Waals surface area contributed by atoms with Gasteiger partial charge < -0.3 is 4.74 Å². The van der Waals surface area contributed by atoms with Crippen molar-refractivity contribution in [2.45, 2.75) is 20.0 Å². The summed E-state index contributed by atoms with van der Waals surface area (Å²) in [7, 11) is 0. The average Bonchev–Trinajstić information content (AvgIpc) is 2.17. The molecule has 0 radical (unpaired) electrons. The van der Waals surface area contributed by atoms with E-state index in [1.165, 1.54) is 11.8 Å². The Hall–Kier alpha value is -1.03. The number of Topliss-reactive ketones (excluding diaryl/α,β-unsaturated/α-hetero) is 1. The zero-order valence-corrected chi connectivity index (χ0v) is 10.0. The number of ketones is 1. The number of carbonyl (C=O) groups excluding carboxylic acids is 1. The Morgan fingerprint density at radius 2 is 2.27 bits per heavy atom. The first-order valence-electron chi connectivity index (χ1n) is 4.77. The molecule has 1 aromatic rings. The van der Waals surface area contributed by atoms with E-state index in [4.69, 9.17) is 4.74 Å². The third kappa shape index (κ3) is 3.91. The first-order chi connectivity index (χ1) is 7.13. The highest BCUT2D eigenvalue weighted by atomic mass is 32.2. The maximum Gasteiger partial charge on any atom is 0.174 e. The summed E-state index contributed by atoms with van der Waals surface area (Å²) >= 11 is 1.51. The summed E-state index contributed by atoms with van der Waals surface area (Å²) in [5, 5.41) is 0. The first-order valence-corrected chi connectivity index (χ1v) is 6.16. The summed E-state index contributed by atoms with van der Waals surface area (Å²) in [5.41, 5.74) is 0.613. The molecular formula is C11H15NO2S. The van der Waals surface area contributed by atoms with Crippen molar-refractivity contribution in [3.8, 4) is 5.75 Å². The van der Waals surface area contributed by atoms with E-state index in [0.29, 0.717) is 17.1 Å². The van der Waals surface area contributed by atoms with E-state index in [1.54, 1.807) is 18.5 Å². The molecule has 0 aliphatic carbocycles. The number of aromatic nitrogens is 1. The van der Waals surface area contributed by atoms with Gasteiger partial charge in [-0.3, -0.25) is 9.78 Å². The second kappa shape index (κ2) is 5.75. The molecule has 15 heavy (non-hydrogen) atoms. The van der Waals surface area contributed by atoms with Crippen LogP contribution in [0.2, 0.25) is 0 Å². The maximum atomic E-state index is 11.6. The van der Waals surface area contributed by atoms with Gasteiger partial charge in [0, 0.05) is 11.8 Å². The Bertz CT molecular complexity index is 339. The van der Waals surface area contributed by atoms with Gasteiger partial charge in [-0.05, 0) is 26.2 Å². The van der Waals surface area contributed by atoms with Crippen molar-refractivity contribution in [3.63, 3.8) is 0 Å². The molecule has 0 spiro atoms. The van der Waals surface area contributed by atoms with Crippen molar-refractivity contribution >= 4 is 17.5 Å². The van der Waals surface area contributed by atoms with E-state index in [9.17, 15) is 4.79 Å². The molecule has 1 heterocycles. The highest BCUT2D eigenvalue weighted by molar-refractivity contribution is 7.99. The molecule has 0 saturated carbocycles. The van der Waals surface area contributed by atoms with E-state index >= 15 is 0 Å². The van der Waals surface area contributed by atoms with Crippen molar-refractivity contribution in [2.75, 3.05) is 12.0 Å². The number of ether oxygens (including phenoxy) is 1. The topological polar surface area (TPSA) is 39.2 Å². The number of nitrogens with zero attached hydrogens (tertiary/aromatic N) is 1. The predicted octanol–water partition coefficient (Wildman–Crippen LogP) is 2.41. The highest BCUT2D eigenvalue weighted by Gasteiger charge is 2.07. The van der Waals surface area contributed by atoms with Gasteiger partial charge in [-0.1, -0.05) is 0 Å². The average molecular weight is 225 g/mol. The molecule has 0 N–H and O–H groups in total. The van der Waals surface area contributed by atoms with Crippen LogP contribution >= 0.6 is 11.8 Å². The highest BCUT2D eigenvalue weighted by Crippen LogP contribution is 2.14. The number of hydrogen-bond acceptors (Lipinski definition) is 4. The zero-order chi connectivity index (χ0) is 11.3. The predicted molar refractivity (Wildman–Crippen MR) is 62.7 cm³/mol. The van der Waals surface area contributed by atoms with E-state index < -0.39 is 0 Å². The normalized spacial score (nSPS) is 10.4. The van der Waals surface area contributed by atoms with Crippen LogP contribution in [0.15, 0.2) is 18.5 Å². The SMILES string of the molecule is CSCC(=O)c1cncc(OC(C)C)c1. The summed E-state index contributed by atoms with van der Waals surface area (Å²) in [6.45, 7) is 3.88. The van der Waals surface area contributed by atoms with Crippen LogP contribution in [0.4, 0.5) is 0 Å². The zero-order valence-electron chi connectivity index (χ0n) is 9.19. The van der Waals surface area contributed by atoms with Crippen molar-refractivity contribution in [3.05, 3.63) is 24.0 Å². The monoisotopic (exact) mass is 225 g/mol. The molecule has 0 unspecified atom stereocenters. The molecule has 4 heteroatoms. The molecule has 0 saturated heterocycles. The summed E-state index contributed by atoms with van der Waals surface area (Å²) in [6, 6.07) is 1.74. The Morgan fingerprint density at radius 3 is 2.87 bits per heavy atom.